The molecule has 4 rings (SSSR count). The number of benzene rings is 2. The Morgan fingerprint density at radius 1 is 1.11 bits per heavy atom. The second kappa shape index (κ2) is 10.3. The standard InChI is InChI=1S/C24H23N5O7/c1-3-35-20-9-5-4-7-17(20)25-24(30)23-14(2)22-18(8-6-10-21(22)36-23)27-26-16-12-11-15(28(31)32)13-19(16)29(33)34/h4-5,7,9,11-13,26H,3,6,8,10H2,1-2H3,(H,25,30)/b27-18+. The second-order valence-electron chi connectivity index (χ2n) is 7.98. The van der Waals surface area contributed by atoms with E-state index < -0.39 is 27.1 Å². The number of hydrogen-bond donors (Lipinski definition) is 2. The number of hydrazone groups is 1. The van der Waals surface area contributed by atoms with E-state index in [0.717, 1.165) is 12.1 Å². The van der Waals surface area contributed by atoms with Crippen LogP contribution in [0.4, 0.5) is 22.7 Å². The van der Waals surface area contributed by atoms with Crippen LogP contribution in [-0.4, -0.2) is 28.1 Å². The van der Waals surface area contributed by atoms with Crippen LogP contribution < -0.4 is 15.5 Å². The summed E-state index contributed by atoms with van der Waals surface area (Å²) >= 11 is 0. The zero-order valence-corrected chi connectivity index (χ0v) is 19.6. The maximum absolute atomic E-state index is 13.1. The summed E-state index contributed by atoms with van der Waals surface area (Å²) in [5, 5.41) is 29.6. The molecule has 1 heterocycles. The van der Waals surface area contributed by atoms with Gasteiger partial charge in [-0.3, -0.25) is 30.4 Å². The summed E-state index contributed by atoms with van der Waals surface area (Å²) in [5.41, 5.74) is 4.15. The quantitative estimate of drug-likeness (QED) is 0.319. The van der Waals surface area contributed by atoms with Gasteiger partial charge in [0.25, 0.3) is 11.6 Å². The number of nitro benzene ring substituents is 2. The van der Waals surface area contributed by atoms with Gasteiger partial charge in [0.1, 0.15) is 17.2 Å². The third-order valence-corrected chi connectivity index (χ3v) is 5.67. The van der Waals surface area contributed by atoms with Crippen molar-refractivity contribution in [3.63, 3.8) is 0 Å². The van der Waals surface area contributed by atoms with Gasteiger partial charge in [0.15, 0.2) is 5.76 Å². The molecule has 186 valence electrons. The Labute approximate surface area is 205 Å². The molecule has 0 spiro atoms. The Balaban J connectivity index is 1.62. The van der Waals surface area contributed by atoms with Crippen LogP contribution in [0, 0.1) is 27.2 Å². The summed E-state index contributed by atoms with van der Waals surface area (Å²) in [6.45, 7) is 4.05. The van der Waals surface area contributed by atoms with Gasteiger partial charge >= 0.3 is 5.69 Å². The molecule has 0 saturated carbocycles. The van der Waals surface area contributed by atoms with Crippen molar-refractivity contribution in [2.75, 3.05) is 17.3 Å². The molecule has 1 aliphatic rings. The number of anilines is 2. The predicted molar refractivity (Wildman–Crippen MR) is 132 cm³/mol. The molecule has 12 nitrogen and oxygen atoms in total. The first kappa shape index (κ1) is 24.4. The Hall–Kier alpha value is -4.74. The van der Waals surface area contributed by atoms with E-state index in [1.807, 2.05) is 13.0 Å². The van der Waals surface area contributed by atoms with Gasteiger partial charge < -0.3 is 14.5 Å². The van der Waals surface area contributed by atoms with Gasteiger partial charge in [-0.1, -0.05) is 12.1 Å². The topological polar surface area (TPSA) is 162 Å². The smallest absolute Gasteiger partial charge is 0.301 e. The number of ether oxygens (including phenoxy) is 1. The molecule has 0 unspecified atom stereocenters. The predicted octanol–water partition coefficient (Wildman–Crippen LogP) is 5.21. The van der Waals surface area contributed by atoms with Crippen molar-refractivity contribution in [3.05, 3.63) is 85.3 Å². The van der Waals surface area contributed by atoms with Crippen molar-refractivity contribution >= 4 is 34.4 Å². The maximum Gasteiger partial charge on any atom is 0.301 e. The minimum absolute atomic E-state index is 0.0110. The number of nitrogens with one attached hydrogen (secondary N) is 2. The van der Waals surface area contributed by atoms with E-state index in [9.17, 15) is 25.0 Å². The molecule has 1 amide bonds. The van der Waals surface area contributed by atoms with Crippen LogP contribution in [0.1, 0.15) is 47.2 Å². The van der Waals surface area contributed by atoms with Crippen LogP contribution in [0.15, 0.2) is 52.0 Å². The van der Waals surface area contributed by atoms with Crippen LogP contribution in [0.3, 0.4) is 0 Å². The molecule has 0 radical (unpaired) electrons. The minimum Gasteiger partial charge on any atom is -0.492 e. The second-order valence-corrected chi connectivity index (χ2v) is 7.98. The highest BCUT2D eigenvalue weighted by molar-refractivity contribution is 6.09. The van der Waals surface area contributed by atoms with Crippen molar-refractivity contribution in [1.82, 2.24) is 0 Å². The van der Waals surface area contributed by atoms with Crippen LogP contribution in [0.5, 0.6) is 5.75 Å². The van der Waals surface area contributed by atoms with E-state index in [1.54, 1.807) is 25.1 Å². The highest BCUT2D eigenvalue weighted by Crippen LogP contribution is 2.33. The Morgan fingerprint density at radius 3 is 2.61 bits per heavy atom. The van der Waals surface area contributed by atoms with Crippen molar-refractivity contribution in [2.24, 2.45) is 5.10 Å². The molecule has 1 aliphatic carbocycles. The van der Waals surface area contributed by atoms with Crippen molar-refractivity contribution in [1.29, 1.82) is 0 Å². The zero-order chi connectivity index (χ0) is 25.8. The Kier molecular flexibility index (Phi) is 6.95. The lowest BCUT2D eigenvalue weighted by Crippen LogP contribution is -2.15. The van der Waals surface area contributed by atoms with Gasteiger partial charge in [0, 0.05) is 23.6 Å². The summed E-state index contributed by atoms with van der Waals surface area (Å²) in [5.74, 6) is 0.841. The van der Waals surface area contributed by atoms with Crippen LogP contribution >= 0.6 is 0 Å². The number of para-hydroxylation sites is 2. The minimum atomic E-state index is -0.715. The number of carbonyl (C=O) groups excluding carboxylic acids is 1. The first-order valence-corrected chi connectivity index (χ1v) is 11.2. The molecule has 0 bridgehead atoms. The Bertz CT molecular complexity index is 1380. The summed E-state index contributed by atoms with van der Waals surface area (Å²) in [7, 11) is 0. The van der Waals surface area contributed by atoms with Crippen LogP contribution in [0.25, 0.3) is 0 Å². The van der Waals surface area contributed by atoms with Crippen molar-refractivity contribution in [2.45, 2.75) is 33.1 Å². The van der Waals surface area contributed by atoms with Crippen molar-refractivity contribution in [3.8, 4) is 5.75 Å². The van der Waals surface area contributed by atoms with E-state index >= 15 is 0 Å². The number of nitrogens with zero attached hydrogens (tertiary/aromatic N) is 3. The number of furan rings is 1. The number of carbonyl (C=O) groups is 1. The normalized spacial score (nSPS) is 13.7. The monoisotopic (exact) mass is 493 g/mol. The fourth-order valence-electron chi connectivity index (χ4n) is 4.03. The highest BCUT2D eigenvalue weighted by Gasteiger charge is 2.29. The number of nitro groups is 2. The summed E-state index contributed by atoms with van der Waals surface area (Å²) < 4.78 is 11.5. The number of fused-ring (bicyclic) bond motifs is 1. The lowest BCUT2D eigenvalue weighted by Gasteiger charge is -2.14. The zero-order valence-electron chi connectivity index (χ0n) is 19.6. The van der Waals surface area contributed by atoms with Crippen LogP contribution in [-0.2, 0) is 6.42 Å². The molecule has 2 N–H and O–H groups in total. The number of non-ortho nitro benzene ring substituents is 1. The number of hydrogen-bond acceptors (Lipinski definition) is 9. The number of rotatable bonds is 8. The first-order valence-electron chi connectivity index (χ1n) is 11.2. The first-order chi connectivity index (χ1) is 17.3. The maximum atomic E-state index is 13.1. The van der Waals surface area contributed by atoms with E-state index in [-0.39, 0.29) is 11.4 Å². The third kappa shape index (κ3) is 4.87. The Morgan fingerprint density at radius 2 is 1.89 bits per heavy atom. The molecule has 0 atom stereocenters. The van der Waals surface area contributed by atoms with E-state index in [4.69, 9.17) is 9.15 Å². The van der Waals surface area contributed by atoms with Crippen LogP contribution in [0.2, 0.25) is 0 Å². The average molecular weight is 493 g/mol. The number of aryl methyl sites for hydroxylation is 1. The average Bonchev–Trinajstić information content (AvgIpc) is 3.21. The molecule has 3 aromatic rings. The lowest BCUT2D eigenvalue weighted by molar-refractivity contribution is -0.393. The molecular weight excluding hydrogens is 470 g/mol. The molecule has 1 aromatic heterocycles. The van der Waals surface area contributed by atoms with Gasteiger partial charge in [-0.2, -0.15) is 5.10 Å². The lowest BCUT2D eigenvalue weighted by atomic mass is 9.93. The van der Waals surface area contributed by atoms with Gasteiger partial charge in [0.2, 0.25) is 0 Å². The molecule has 2 aromatic carbocycles. The SMILES string of the molecule is CCOc1ccccc1NC(=O)c1oc2c(c1C)/C(=N/Nc1ccc([N+](=O)[O-])cc1[N+](=O)[O-])CCC2. The van der Waals surface area contributed by atoms with Gasteiger partial charge in [0.05, 0.1) is 33.9 Å². The molecule has 12 heteroatoms. The largest absolute Gasteiger partial charge is 0.492 e. The van der Waals surface area contributed by atoms with Gasteiger partial charge in [-0.25, -0.2) is 0 Å². The molecule has 36 heavy (non-hydrogen) atoms. The van der Waals surface area contributed by atoms with Gasteiger partial charge in [-0.05, 0) is 44.9 Å². The van der Waals surface area contributed by atoms with E-state index in [2.05, 4.69) is 15.8 Å². The molecule has 0 saturated heterocycles. The molecule has 0 fully saturated rings. The van der Waals surface area contributed by atoms with Crippen molar-refractivity contribution < 1.29 is 23.8 Å². The van der Waals surface area contributed by atoms with E-state index in [1.165, 1.54) is 6.07 Å². The molecule has 0 aliphatic heterocycles. The summed E-state index contributed by atoms with van der Waals surface area (Å²) in [6, 6.07) is 10.4. The third-order valence-electron chi connectivity index (χ3n) is 5.67. The summed E-state index contributed by atoms with van der Waals surface area (Å²) in [6.07, 6.45) is 1.86. The number of amides is 1. The van der Waals surface area contributed by atoms with Gasteiger partial charge in [-0.15, -0.1) is 0 Å². The molecular formula is C24H23N5O7. The van der Waals surface area contributed by atoms with E-state index in [0.29, 0.717) is 59.9 Å². The highest BCUT2D eigenvalue weighted by atomic mass is 16.6. The fourth-order valence-corrected chi connectivity index (χ4v) is 4.03. The summed E-state index contributed by atoms with van der Waals surface area (Å²) in [4.78, 5) is 34.0. The fraction of sp³-hybridized carbons (Fsp3) is 0.250.